The Labute approximate surface area is 163 Å². The molecule has 0 aliphatic carbocycles. The van der Waals surface area contributed by atoms with E-state index >= 15 is 0 Å². The summed E-state index contributed by atoms with van der Waals surface area (Å²) in [5.41, 5.74) is 1.75. The lowest BCUT2D eigenvalue weighted by molar-refractivity contribution is -0.119. The van der Waals surface area contributed by atoms with Gasteiger partial charge in [0.05, 0.1) is 19.8 Å². The number of hydrogen-bond donors (Lipinski definition) is 3. The van der Waals surface area contributed by atoms with E-state index in [9.17, 15) is 9.59 Å². The lowest BCUT2D eigenvalue weighted by atomic mass is 9.88. The molecule has 0 unspecified atom stereocenters. The highest BCUT2D eigenvalue weighted by atomic mass is 16.5. The summed E-state index contributed by atoms with van der Waals surface area (Å²) in [7, 11) is 1.58. The van der Waals surface area contributed by atoms with Crippen molar-refractivity contribution in [2.24, 2.45) is 5.92 Å². The maximum absolute atomic E-state index is 13.0. The molecule has 0 radical (unpaired) electrons. The van der Waals surface area contributed by atoms with E-state index in [4.69, 9.17) is 9.47 Å². The minimum atomic E-state index is -0.683. The lowest BCUT2D eigenvalue weighted by Crippen LogP contribution is -2.51. The van der Waals surface area contributed by atoms with Gasteiger partial charge in [-0.05, 0) is 48.9 Å². The van der Waals surface area contributed by atoms with Crippen molar-refractivity contribution in [3.8, 4) is 11.5 Å². The molecular weight excluding hydrogens is 358 g/mol. The molecule has 2 atom stereocenters. The molecule has 146 valence electrons. The molecule has 2 aromatic carbocycles. The number of anilines is 1. The molecule has 7 heteroatoms. The van der Waals surface area contributed by atoms with Crippen LogP contribution in [-0.4, -0.2) is 25.7 Å². The number of methoxy groups -OCH3 is 1. The first-order chi connectivity index (χ1) is 13.5. The minimum absolute atomic E-state index is 0.276. The van der Waals surface area contributed by atoms with Crippen LogP contribution in [0.15, 0.2) is 60.8 Å². The first-order valence-corrected chi connectivity index (χ1v) is 8.95. The second-order valence-electron chi connectivity index (χ2n) is 6.30. The normalized spacial score (nSPS) is 18.6. The van der Waals surface area contributed by atoms with Crippen molar-refractivity contribution < 1.29 is 19.1 Å². The van der Waals surface area contributed by atoms with E-state index in [1.165, 1.54) is 0 Å². The van der Waals surface area contributed by atoms with E-state index in [1.807, 2.05) is 31.2 Å². The molecule has 1 fully saturated rings. The number of rotatable bonds is 6. The topological polar surface area (TPSA) is 88.7 Å². The highest BCUT2D eigenvalue weighted by Gasteiger charge is 2.37. The Hall–Kier alpha value is -3.48. The number of hydrogen-bond acceptors (Lipinski definition) is 4. The van der Waals surface area contributed by atoms with Crippen molar-refractivity contribution >= 4 is 17.6 Å². The number of urea groups is 1. The van der Waals surface area contributed by atoms with Crippen molar-refractivity contribution in [3.63, 3.8) is 0 Å². The predicted molar refractivity (Wildman–Crippen MR) is 106 cm³/mol. The fraction of sp³-hybridized carbons (Fsp3) is 0.238. The molecule has 1 heterocycles. The first-order valence-electron chi connectivity index (χ1n) is 8.95. The number of amides is 3. The predicted octanol–water partition coefficient (Wildman–Crippen LogP) is 3.22. The molecule has 1 saturated heterocycles. The van der Waals surface area contributed by atoms with Gasteiger partial charge in [-0.3, -0.25) is 4.79 Å². The van der Waals surface area contributed by atoms with Gasteiger partial charge in [0.25, 0.3) is 0 Å². The Balaban J connectivity index is 1.82. The van der Waals surface area contributed by atoms with Crippen LogP contribution in [-0.2, 0) is 4.79 Å². The zero-order chi connectivity index (χ0) is 20.1. The average molecular weight is 381 g/mol. The summed E-state index contributed by atoms with van der Waals surface area (Å²) < 4.78 is 10.6. The molecule has 0 spiro atoms. The van der Waals surface area contributed by atoms with Gasteiger partial charge in [0.15, 0.2) is 0 Å². The zero-order valence-electron chi connectivity index (χ0n) is 15.8. The van der Waals surface area contributed by atoms with E-state index < -0.39 is 18.0 Å². The van der Waals surface area contributed by atoms with Gasteiger partial charge in [-0.2, -0.15) is 0 Å². The van der Waals surface area contributed by atoms with Crippen molar-refractivity contribution in [3.05, 3.63) is 66.4 Å². The van der Waals surface area contributed by atoms with Crippen molar-refractivity contribution in [2.75, 3.05) is 19.0 Å². The van der Waals surface area contributed by atoms with Crippen LogP contribution in [0.25, 0.3) is 0 Å². The van der Waals surface area contributed by atoms with E-state index in [0.29, 0.717) is 23.7 Å². The Kier molecular flexibility index (Phi) is 5.84. The highest BCUT2D eigenvalue weighted by Crippen LogP contribution is 2.31. The van der Waals surface area contributed by atoms with E-state index in [0.717, 1.165) is 11.3 Å². The van der Waals surface area contributed by atoms with Gasteiger partial charge in [-0.15, -0.1) is 0 Å². The van der Waals surface area contributed by atoms with Gasteiger partial charge in [-0.1, -0.05) is 18.7 Å². The van der Waals surface area contributed by atoms with Crippen molar-refractivity contribution in [1.29, 1.82) is 0 Å². The lowest BCUT2D eigenvalue weighted by Gasteiger charge is -2.34. The molecule has 28 heavy (non-hydrogen) atoms. The van der Waals surface area contributed by atoms with Gasteiger partial charge < -0.3 is 25.4 Å². The van der Waals surface area contributed by atoms with Gasteiger partial charge >= 0.3 is 6.03 Å². The maximum Gasteiger partial charge on any atom is 0.319 e. The molecule has 3 amide bonds. The molecule has 0 bridgehead atoms. The number of ether oxygens (including phenoxy) is 2. The third-order valence-electron chi connectivity index (χ3n) is 4.46. The molecule has 0 saturated carbocycles. The molecule has 1 aliphatic rings. The quantitative estimate of drug-likeness (QED) is 0.717. The van der Waals surface area contributed by atoms with Crippen molar-refractivity contribution in [1.82, 2.24) is 10.6 Å². The van der Waals surface area contributed by atoms with Crippen LogP contribution in [0.1, 0.15) is 18.5 Å². The fourth-order valence-corrected chi connectivity index (χ4v) is 3.10. The first kappa shape index (κ1) is 19.3. The summed E-state index contributed by atoms with van der Waals surface area (Å²) in [4.78, 5) is 24.9. The van der Waals surface area contributed by atoms with Crippen LogP contribution in [0.2, 0.25) is 0 Å². The second-order valence-corrected chi connectivity index (χ2v) is 6.30. The van der Waals surface area contributed by atoms with Crippen LogP contribution in [0.5, 0.6) is 11.5 Å². The Bertz CT molecular complexity index is 862. The Morgan fingerprint density at radius 2 is 1.75 bits per heavy atom. The Morgan fingerprint density at radius 3 is 2.36 bits per heavy atom. The van der Waals surface area contributed by atoms with Gasteiger partial charge in [0.1, 0.15) is 17.4 Å². The average Bonchev–Trinajstić information content (AvgIpc) is 2.68. The fourth-order valence-electron chi connectivity index (χ4n) is 3.10. The van der Waals surface area contributed by atoms with Crippen LogP contribution >= 0.6 is 0 Å². The van der Waals surface area contributed by atoms with Gasteiger partial charge in [0, 0.05) is 11.4 Å². The van der Waals surface area contributed by atoms with Crippen LogP contribution in [0, 0.1) is 5.92 Å². The van der Waals surface area contributed by atoms with E-state index in [1.54, 1.807) is 31.4 Å². The molecule has 1 aliphatic heterocycles. The number of carbonyl (C=O) groups is 2. The molecule has 2 aromatic rings. The summed E-state index contributed by atoms with van der Waals surface area (Å²) >= 11 is 0. The highest BCUT2D eigenvalue weighted by molar-refractivity contribution is 5.97. The summed E-state index contributed by atoms with van der Waals surface area (Å²) in [5.74, 6) is 0.463. The van der Waals surface area contributed by atoms with Gasteiger partial charge in [-0.25, -0.2) is 4.79 Å². The van der Waals surface area contributed by atoms with Crippen LogP contribution in [0.3, 0.4) is 0 Å². The van der Waals surface area contributed by atoms with Crippen LogP contribution < -0.4 is 25.4 Å². The minimum Gasteiger partial charge on any atom is -0.497 e. The molecule has 3 rings (SSSR count). The Morgan fingerprint density at radius 1 is 1.11 bits per heavy atom. The summed E-state index contributed by atoms with van der Waals surface area (Å²) in [5, 5.41) is 8.28. The molecule has 7 nitrogen and oxygen atoms in total. The third kappa shape index (κ3) is 4.25. The maximum atomic E-state index is 13.0. The summed E-state index contributed by atoms with van der Waals surface area (Å²) in [6.45, 7) is 6.35. The monoisotopic (exact) mass is 381 g/mol. The van der Waals surface area contributed by atoms with Gasteiger partial charge in [0.2, 0.25) is 5.91 Å². The standard InChI is InChI=1S/C21H23N3O4/c1-4-28-17-9-5-14(6-10-17)19-18(13(2)22-21(26)24-19)20(25)23-15-7-11-16(27-3)12-8-15/h5-12,18-19H,2,4H2,1,3H3,(H,23,25)(H2,22,24,26)/t18-,19+/m1/s1. The van der Waals surface area contributed by atoms with E-state index in [-0.39, 0.29) is 5.91 Å². The number of carbonyl (C=O) groups excluding carboxylic acids is 2. The van der Waals surface area contributed by atoms with Crippen LogP contribution in [0.4, 0.5) is 10.5 Å². The largest absolute Gasteiger partial charge is 0.497 e. The summed E-state index contributed by atoms with van der Waals surface area (Å²) in [6, 6.07) is 13.4. The SMILES string of the molecule is C=C1NC(=O)N[C@@H](c2ccc(OCC)cc2)[C@@H]1C(=O)Nc1ccc(OC)cc1. The van der Waals surface area contributed by atoms with E-state index in [2.05, 4.69) is 22.5 Å². The molecule has 0 aromatic heterocycles. The smallest absolute Gasteiger partial charge is 0.319 e. The van der Waals surface area contributed by atoms with Crippen molar-refractivity contribution in [2.45, 2.75) is 13.0 Å². The third-order valence-corrected chi connectivity index (χ3v) is 4.46. The zero-order valence-corrected chi connectivity index (χ0v) is 15.8. The number of nitrogens with one attached hydrogen (secondary N) is 3. The second kappa shape index (κ2) is 8.47. The number of benzene rings is 2. The molecular formula is C21H23N3O4. The molecule has 3 N–H and O–H groups in total. The summed E-state index contributed by atoms with van der Waals surface area (Å²) in [6.07, 6.45) is 0.